The molecule has 0 aromatic carbocycles. The highest BCUT2D eigenvalue weighted by Crippen LogP contribution is 2.13. The number of nitrogens with one attached hydrogen (secondary N) is 1. The predicted molar refractivity (Wildman–Crippen MR) is 99.6 cm³/mol. The number of aromatic nitrogens is 3. The second kappa shape index (κ2) is 7.34. The number of nitrogens with zero attached hydrogens (tertiary/aromatic N) is 4. The Morgan fingerprint density at radius 2 is 1.78 bits per heavy atom. The molecule has 9 nitrogen and oxygen atoms in total. The van der Waals surface area contributed by atoms with Crippen molar-refractivity contribution >= 4 is 22.8 Å². The number of hydrogen-bond acceptors (Lipinski definition) is 5. The van der Waals surface area contributed by atoms with E-state index in [1.807, 2.05) is 13.8 Å². The number of hydrogen-bond donors (Lipinski definition) is 1. The number of aromatic amines is 1. The second-order valence-electron chi connectivity index (χ2n) is 6.87. The largest absolute Gasteiger partial charge is 0.339 e. The van der Waals surface area contributed by atoms with Gasteiger partial charge in [-0.15, -0.1) is 0 Å². The molecule has 0 saturated carbocycles. The third kappa shape index (κ3) is 3.49. The molecule has 144 valence electrons. The van der Waals surface area contributed by atoms with Gasteiger partial charge in [0.2, 0.25) is 5.91 Å². The van der Waals surface area contributed by atoms with Gasteiger partial charge < -0.3 is 9.80 Å². The molecule has 1 fully saturated rings. The van der Waals surface area contributed by atoms with Crippen molar-refractivity contribution in [3.63, 3.8) is 0 Å². The Balaban J connectivity index is 1.84. The van der Waals surface area contributed by atoms with Crippen molar-refractivity contribution in [3.05, 3.63) is 38.7 Å². The molecule has 3 rings (SSSR count). The third-order valence-electron chi connectivity index (χ3n) is 4.77. The third-order valence-corrected chi connectivity index (χ3v) is 4.77. The van der Waals surface area contributed by atoms with E-state index < -0.39 is 11.2 Å². The molecule has 3 heterocycles. The molecule has 0 radical (unpaired) electrons. The van der Waals surface area contributed by atoms with Crippen LogP contribution in [0.1, 0.15) is 31.1 Å². The van der Waals surface area contributed by atoms with Gasteiger partial charge in [-0.05, 0) is 13.0 Å². The molecule has 1 N–H and O–H groups in total. The van der Waals surface area contributed by atoms with E-state index in [1.165, 1.54) is 16.8 Å². The molecule has 1 aliphatic heterocycles. The number of amides is 2. The van der Waals surface area contributed by atoms with Crippen molar-refractivity contribution in [3.8, 4) is 0 Å². The van der Waals surface area contributed by atoms with Crippen molar-refractivity contribution in [2.75, 3.05) is 26.2 Å². The van der Waals surface area contributed by atoms with Gasteiger partial charge in [-0.25, -0.2) is 9.78 Å². The monoisotopic (exact) mass is 373 g/mol. The number of carbonyl (C=O) groups is 2. The summed E-state index contributed by atoms with van der Waals surface area (Å²) in [6.07, 6.45) is 1.39. The zero-order valence-corrected chi connectivity index (χ0v) is 15.7. The molecule has 0 spiro atoms. The van der Waals surface area contributed by atoms with E-state index in [1.54, 1.807) is 16.7 Å². The summed E-state index contributed by atoms with van der Waals surface area (Å²) in [5.41, 5.74) is -0.533. The summed E-state index contributed by atoms with van der Waals surface area (Å²) >= 11 is 0. The zero-order chi connectivity index (χ0) is 19.7. The van der Waals surface area contributed by atoms with Crippen LogP contribution in [0, 0.1) is 5.92 Å². The Kier molecular flexibility index (Phi) is 5.11. The molecule has 1 aliphatic rings. The van der Waals surface area contributed by atoms with Gasteiger partial charge in [0.25, 0.3) is 11.5 Å². The van der Waals surface area contributed by atoms with Crippen LogP contribution in [0.3, 0.4) is 0 Å². The van der Waals surface area contributed by atoms with Crippen molar-refractivity contribution in [1.82, 2.24) is 24.3 Å². The molecule has 0 atom stereocenters. The summed E-state index contributed by atoms with van der Waals surface area (Å²) in [6, 6.07) is 1.47. The number of piperazine rings is 1. The van der Waals surface area contributed by atoms with Crippen LogP contribution in [0.25, 0.3) is 11.0 Å². The molecule has 2 aromatic rings. The summed E-state index contributed by atoms with van der Waals surface area (Å²) < 4.78 is 1.35. The molecule has 2 amide bonds. The Bertz CT molecular complexity index is 999. The fraction of sp³-hybridized carbons (Fsp3) is 0.500. The van der Waals surface area contributed by atoms with Crippen LogP contribution in [0.2, 0.25) is 0 Å². The Hall–Kier alpha value is -2.97. The van der Waals surface area contributed by atoms with E-state index in [4.69, 9.17) is 0 Å². The van der Waals surface area contributed by atoms with E-state index in [2.05, 4.69) is 9.97 Å². The van der Waals surface area contributed by atoms with Crippen LogP contribution in [0.15, 0.2) is 21.9 Å². The van der Waals surface area contributed by atoms with Crippen LogP contribution < -0.4 is 11.2 Å². The smallest absolute Gasteiger partial charge is 0.329 e. The number of fused-ring (bicyclic) bond motifs is 1. The number of aryl methyl sites for hydroxylation is 1. The summed E-state index contributed by atoms with van der Waals surface area (Å²) in [7, 11) is 0. The lowest BCUT2D eigenvalue weighted by molar-refractivity contribution is -0.135. The van der Waals surface area contributed by atoms with Crippen molar-refractivity contribution < 1.29 is 9.59 Å². The molecule has 0 bridgehead atoms. The average molecular weight is 373 g/mol. The van der Waals surface area contributed by atoms with Crippen LogP contribution in [-0.4, -0.2) is 62.3 Å². The molecule has 2 aromatic heterocycles. The fourth-order valence-electron chi connectivity index (χ4n) is 3.26. The van der Waals surface area contributed by atoms with E-state index in [9.17, 15) is 19.2 Å². The Morgan fingerprint density at radius 1 is 1.15 bits per heavy atom. The summed E-state index contributed by atoms with van der Waals surface area (Å²) in [6.45, 7) is 7.68. The highest BCUT2D eigenvalue weighted by Gasteiger charge is 2.26. The summed E-state index contributed by atoms with van der Waals surface area (Å²) in [5, 5.41) is 0.205. The predicted octanol–water partition coefficient (Wildman–Crippen LogP) is 0.0451. The molecular weight excluding hydrogens is 350 g/mol. The van der Waals surface area contributed by atoms with Crippen molar-refractivity contribution in [2.45, 2.75) is 27.3 Å². The first-order chi connectivity index (χ1) is 12.8. The lowest BCUT2D eigenvalue weighted by atomic mass is 10.1. The van der Waals surface area contributed by atoms with Gasteiger partial charge in [0.15, 0.2) is 0 Å². The normalized spacial score (nSPS) is 14.8. The van der Waals surface area contributed by atoms with E-state index in [0.717, 1.165) is 0 Å². The molecule has 0 aliphatic carbocycles. The van der Waals surface area contributed by atoms with Crippen LogP contribution >= 0.6 is 0 Å². The highest BCUT2D eigenvalue weighted by atomic mass is 16.2. The highest BCUT2D eigenvalue weighted by molar-refractivity contribution is 5.97. The number of pyridine rings is 1. The molecule has 1 saturated heterocycles. The quantitative estimate of drug-likeness (QED) is 0.817. The lowest BCUT2D eigenvalue weighted by Crippen LogP contribution is -2.51. The van der Waals surface area contributed by atoms with Gasteiger partial charge in [0.05, 0.1) is 10.9 Å². The second-order valence-corrected chi connectivity index (χ2v) is 6.87. The van der Waals surface area contributed by atoms with E-state index in [-0.39, 0.29) is 34.3 Å². The number of H-pyrrole nitrogens is 1. The molecule has 0 unspecified atom stereocenters. The maximum Gasteiger partial charge on any atom is 0.329 e. The summed E-state index contributed by atoms with van der Waals surface area (Å²) in [5.74, 6) is -0.229. The minimum absolute atomic E-state index is 0.0696. The zero-order valence-electron chi connectivity index (χ0n) is 15.7. The van der Waals surface area contributed by atoms with Crippen molar-refractivity contribution in [1.29, 1.82) is 0 Å². The van der Waals surface area contributed by atoms with Crippen LogP contribution in [0.5, 0.6) is 0 Å². The maximum absolute atomic E-state index is 12.8. The lowest BCUT2D eigenvalue weighted by Gasteiger charge is -2.35. The minimum Gasteiger partial charge on any atom is -0.339 e. The van der Waals surface area contributed by atoms with Gasteiger partial charge in [0.1, 0.15) is 5.65 Å². The molecule has 27 heavy (non-hydrogen) atoms. The molecular formula is C18H23N5O4. The van der Waals surface area contributed by atoms with Gasteiger partial charge >= 0.3 is 5.69 Å². The first kappa shape index (κ1) is 18.8. The SMILES string of the molecule is CCn1c(=O)[nH]c(=O)c2cc(C(=O)N3CCN(C(=O)C(C)C)CC3)cnc21. The van der Waals surface area contributed by atoms with Gasteiger partial charge in [-0.2, -0.15) is 0 Å². The Labute approximate surface area is 155 Å². The van der Waals surface area contributed by atoms with Crippen LogP contribution in [0.4, 0.5) is 0 Å². The van der Waals surface area contributed by atoms with E-state index in [0.29, 0.717) is 32.7 Å². The summed E-state index contributed by atoms with van der Waals surface area (Å²) in [4.78, 5) is 58.7. The van der Waals surface area contributed by atoms with Gasteiger partial charge in [-0.1, -0.05) is 13.8 Å². The van der Waals surface area contributed by atoms with Crippen molar-refractivity contribution in [2.24, 2.45) is 5.92 Å². The maximum atomic E-state index is 12.8. The minimum atomic E-state index is -0.561. The van der Waals surface area contributed by atoms with Crippen LogP contribution in [-0.2, 0) is 11.3 Å². The van der Waals surface area contributed by atoms with Gasteiger partial charge in [-0.3, -0.25) is 23.9 Å². The first-order valence-corrected chi connectivity index (χ1v) is 9.04. The average Bonchev–Trinajstić information content (AvgIpc) is 2.67. The number of rotatable bonds is 3. The topological polar surface area (TPSA) is 108 Å². The standard InChI is InChI=1S/C18H23N5O4/c1-4-23-14-13(15(24)20-18(23)27)9-12(10-19-14)17(26)22-7-5-21(6-8-22)16(25)11(2)3/h9-11H,4-8H2,1-3H3,(H,20,24,27). The van der Waals surface area contributed by atoms with E-state index >= 15 is 0 Å². The molecule has 9 heteroatoms. The fourth-order valence-corrected chi connectivity index (χ4v) is 3.26. The Morgan fingerprint density at radius 3 is 2.37 bits per heavy atom. The van der Waals surface area contributed by atoms with Gasteiger partial charge in [0, 0.05) is 44.8 Å². The number of carbonyl (C=O) groups excluding carboxylic acids is 2. The first-order valence-electron chi connectivity index (χ1n) is 9.04.